The lowest BCUT2D eigenvalue weighted by molar-refractivity contribution is 0.0527. The number of hydrogen-bond acceptors (Lipinski definition) is 6. The highest BCUT2D eigenvalue weighted by Crippen LogP contribution is 2.25. The largest absolute Gasteiger partial charge is 0.462 e. The number of thioether (sulfide) groups is 1. The standard InChI is InChI=1S/C13H19N3O2S/c1-2-18-13(17)10-5-6-15-12(11(10)14)16-9-4-3-7-19-8-9/h5-6,9H,2-4,7-8,14H2,1H3,(H,15,16). The Labute approximate surface area is 117 Å². The lowest BCUT2D eigenvalue weighted by atomic mass is 10.1. The number of nitrogens with two attached hydrogens (primary N) is 1. The molecule has 0 aliphatic carbocycles. The summed E-state index contributed by atoms with van der Waals surface area (Å²) in [6.07, 6.45) is 3.89. The summed E-state index contributed by atoms with van der Waals surface area (Å²) in [4.78, 5) is 16.0. The topological polar surface area (TPSA) is 77.2 Å². The monoisotopic (exact) mass is 281 g/mol. The van der Waals surface area contributed by atoms with Crippen molar-refractivity contribution in [3.05, 3.63) is 17.8 Å². The van der Waals surface area contributed by atoms with Gasteiger partial charge in [0, 0.05) is 18.0 Å². The summed E-state index contributed by atoms with van der Waals surface area (Å²) >= 11 is 1.92. The maximum Gasteiger partial charge on any atom is 0.340 e. The van der Waals surface area contributed by atoms with Crippen LogP contribution in [0, 0.1) is 0 Å². The number of esters is 1. The fraction of sp³-hybridized carbons (Fsp3) is 0.538. The molecule has 6 heteroatoms. The van der Waals surface area contributed by atoms with Crippen molar-refractivity contribution in [3.8, 4) is 0 Å². The van der Waals surface area contributed by atoms with E-state index >= 15 is 0 Å². The molecule has 104 valence electrons. The van der Waals surface area contributed by atoms with Gasteiger partial charge in [-0.3, -0.25) is 0 Å². The minimum atomic E-state index is -0.400. The maximum absolute atomic E-state index is 11.7. The first-order chi connectivity index (χ1) is 9.22. The van der Waals surface area contributed by atoms with Crippen molar-refractivity contribution in [2.75, 3.05) is 29.2 Å². The van der Waals surface area contributed by atoms with E-state index < -0.39 is 5.97 Å². The first kappa shape index (κ1) is 14.0. The number of ether oxygens (including phenoxy) is 1. The molecule has 1 aromatic heterocycles. The molecule has 5 nitrogen and oxygen atoms in total. The molecule has 2 rings (SSSR count). The minimum Gasteiger partial charge on any atom is -0.462 e. The molecule has 0 radical (unpaired) electrons. The van der Waals surface area contributed by atoms with Crippen molar-refractivity contribution in [3.63, 3.8) is 0 Å². The Morgan fingerprint density at radius 1 is 1.68 bits per heavy atom. The van der Waals surface area contributed by atoms with Gasteiger partial charge in [0.05, 0.1) is 17.9 Å². The highest BCUT2D eigenvalue weighted by molar-refractivity contribution is 7.99. The first-order valence-electron chi connectivity index (χ1n) is 6.48. The van der Waals surface area contributed by atoms with Crippen molar-refractivity contribution >= 4 is 29.2 Å². The van der Waals surface area contributed by atoms with E-state index in [2.05, 4.69) is 10.3 Å². The highest BCUT2D eigenvalue weighted by Gasteiger charge is 2.18. The summed E-state index contributed by atoms with van der Waals surface area (Å²) < 4.78 is 4.98. The molecular weight excluding hydrogens is 262 g/mol. The zero-order valence-electron chi connectivity index (χ0n) is 11.0. The molecule has 1 aromatic rings. The van der Waals surface area contributed by atoms with E-state index in [1.54, 1.807) is 19.2 Å². The second kappa shape index (κ2) is 6.65. The van der Waals surface area contributed by atoms with Crippen LogP contribution in [-0.4, -0.2) is 35.1 Å². The third-order valence-corrected chi connectivity index (χ3v) is 4.20. The third kappa shape index (κ3) is 3.53. The predicted molar refractivity (Wildman–Crippen MR) is 78.6 cm³/mol. The summed E-state index contributed by atoms with van der Waals surface area (Å²) in [5, 5.41) is 3.32. The van der Waals surface area contributed by atoms with Gasteiger partial charge in [-0.2, -0.15) is 11.8 Å². The zero-order chi connectivity index (χ0) is 13.7. The summed E-state index contributed by atoms with van der Waals surface area (Å²) in [6.45, 7) is 2.11. The van der Waals surface area contributed by atoms with Gasteiger partial charge in [0.15, 0.2) is 0 Å². The van der Waals surface area contributed by atoms with Crippen molar-refractivity contribution in [2.24, 2.45) is 0 Å². The Bertz CT molecular complexity index is 448. The lowest BCUT2D eigenvalue weighted by Crippen LogP contribution is -2.27. The molecule has 1 fully saturated rings. The van der Waals surface area contributed by atoms with Gasteiger partial charge >= 0.3 is 5.97 Å². The Balaban J connectivity index is 2.12. The molecule has 1 atom stereocenters. The van der Waals surface area contributed by atoms with E-state index in [9.17, 15) is 4.79 Å². The van der Waals surface area contributed by atoms with Crippen LogP contribution < -0.4 is 11.1 Å². The number of aromatic nitrogens is 1. The molecular formula is C13H19N3O2S. The Kier molecular flexibility index (Phi) is 4.90. The van der Waals surface area contributed by atoms with Crippen molar-refractivity contribution in [1.82, 2.24) is 4.98 Å². The molecule has 0 saturated carbocycles. The summed E-state index contributed by atoms with van der Waals surface area (Å²) in [5.74, 6) is 2.44. The van der Waals surface area contributed by atoms with Gasteiger partial charge in [-0.25, -0.2) is 9.78 Å². The van der Waals surface area contributed by atoms with Crippen LogP contribution in [0.5, 0.6) is 0 Å². The number of rotatable bonds is 4. The van der Waals surface area contributed by atoms with Gasteiger partial charge in [0.2, 0.25) is 0 Å². The van der Waals surface area contributed by atoms with Gasteiger partial charge in [-0.1, -0.05) is 0 Å². The molecule has 2 heterocycles. The van der Waals surface area contributed by atoms with Crippen molar-refractivity contribution in [1.29, 1.82) is 0 Å². The molecule has 0 aromatic carbocycles. The second-order valence-electron chi connectivity index (χ2n) is 4.40. The maximum atomic E-state index is 11.7. The van der Waals surface area contributed by atoms with Gasteiger partial charge < -0.3 is 15.8 Å². The number of carbonyl (C=O) groups excluding carboxylic acids is 1. The van der Waals surface area contributed by atoms with Crippen molar-refractivity contribution in [2.45, 2.75) is 25.8 Å². The number of nitrogens with zero attached hydrogens (tertiary/aromatic N) is 1. The Morgan fingerprint density at radius 3 is 3.21 bits per heavy atom. The Hall–Kier alpha value is -1.43. The summed E-state index contributed by atoms with van der Waals surface area (Å²) in [7, 11) is 0. The van der Waals surface area contributed by atoms with E-state index in [0.29, 0.717) is 29.7 Å². The minimum absolute atomic E-state index is 0.336. The molecule has 19 heavy (non-hydrogen) atoms. The summed E-state index contributed by atoms with van der Waals surface area (Å²) in [5.41, 5.74) is 6.75. The molecule has 1 saturated heterocycles. The molecule has 1 aliphatic heterocycles. The van der Waals surface area contributed by atoms with E-state index in [1.165, 1.54) is 12.2 Å². The molecule has 1 aliphatic rings. The first-order valence-corrected chi connectivity index (χ1v) is 7.63. The molecule has 0 bridgehead atoms. The van der Waals surface area contributed by atoms with Crippen LogP contribution >= 0.6 is 11.8 Å². The lowest BCUT2D eigenvalue weighted by Gasteiger charge is -2.23. The van der Waals surface area contributed by atoms with Crippen LogP contribution in [0.4, 0.5) is 11.5 Å². The fourth-order valence-electron chi connectivity index (χ4n) is 2.02. The highest BCUT2D eigenvalue weighted by atomic mass is 32.2. The third-order valence-electron chi connectivity index (χ3n) is 2.99. The summed E-state index contributed by atoms with van der Waals surface area (Å²) in [6, 6.07) is 1.96. The van der Waals surface area contributed by atoms with Crippen LogP contribution in [0.2, 0.25) is 0 Å². The normalized spacial score (nSPS) is 18.9. The fourth-order valence-corrected chi connectivity index (χ4v) is 3.09. The van der Waals surface area contributed by atoms with E-state index in [1.807, 2.05) is 11.8 Å². The van der Waals surface area contributed by atoms with Crippen LogP contribution in [0.25, 0.3) is 0 Å². The second-order valence-corrected chi connectivity index (χ2v) is 5.55. The zero-order valence-corrected chi connectivity index (χ0v) is 11.8. The number of hydrogen-bond donors (Lipinski definition) is 2. The number of carbonyl (C=O) groups is 1. The van der Waals surface area contributed by atoms with Crippen LogP contribution in [0.15, 0.2) is 12.3 Å². The van der Waals surface area contributed by atoms with E-state index in [-0.39, 0.29) is 0 Å². The molecule has 1 unspecified atom stereocenters. The molecule has 0 amide bonds. The van der Waals surface area contributed by atoms with E-state index in [0.717, 1.165) is 12.2 Å². The molecule has 3 N–H and O–H groups in total. The van der Waals surface area contributed by atoms with Gasteiger partial charge in [0.1, 0.15) is 5.82 Å². The van der Waals surface area contributed by atoms with Crippen LogP contribution in [-0.2, 0) is 4.74 Å². The average Bonchev–Trinajstić information content (AvgIpc) is 2.42. The van der Waals surface area contributed by atoms with Gasteiger partial charge in [-0.05, 0) is 31.6 Å². The number of pyridine rings is 1. The SMILES string of the molecule is CCOC(=O)c1ccnc(NC2CCCSC2)c1N. The number of nitrogen functional groups attached to an aromatic ring is 1. The Morgan fingerprint density at radius 2 is 2.53 bits per heavy atom. The average molecular weight is 281 g/mol. The number of anilines is 2. The predicted octanol–water partition coefficient (Wildman–Crippen LogP) is 2.15. The van der Waals surface area contributed by atoms with Crippen molar-refractivity contribution < 1.29 is 9.53 Å². The number of nitrogens with one attached hydrogen (secondary N) is 1. The van der Waals surface area contributed by atoms with Crippen LogP contribution in [0.1, 0.15) is 30.1 Å². The van der Waals surface area contributed by atoms with E-state index in [4.69, 9.17) is 10.5 Å². The quantitative estimate of drug-likeness (QED) is 0.823. The van der Waals surface area contributed by atoms with Crippen LogP contribution in [0.3, 0.4) is 0 Å². The van der Waals surface area contributed by atoms with Gasteiger partial charge in [-0.15, -0.1) is 0 Å². The van der Waals surface area contributed by atoms with Gasteiger partial charge in [0.25, 0.3) is 0 Å². The smallest absolute Gasteiger partial charge is 0.340 e. The molecule has 0 spiro atoms.